The molecule has 9 heteroatoms. The minimum Gasteiger partial charge on any atom is -0.456 e. The van der Waals surface area contributed by atoms with E-state index in [9.17, 15) is 15.4 Å². The Bertz CT molecular complexity index is 1370. The highest BCUT2D eigenvalue weighted by molar-refractivity contribution is 5.73. The molecule has 1 heterocycles. The first-order valence-corrected chi connectivity index (χ1v) is 13.0. The monoisotopic (exact) mass is 526 g/mol. The molecular weight excluding hydrogens is 492 g/mol. The van der Waals surface area contributed by atoms with E-state index < -0.39 is 4.92 Å². The number of benzene rings is 3. The van der Waals surface area contributed by atoms with Gasteiger partial charge in [-0.05, 0) is 68.4 Å². The maximum absolute atomic E-state index is 12.1. The molecule has 0 spiro atoms. The van der Waals surface area contributed by atoms with Crippen LogP contribution in [0.4, 0.5) is 17.1 Å². The van der Waals surface area contributed by atoms with Gasteiger partial charge >= 0.3 is 0 Å². The number of nitrogens with one attached hydrogen (secondary N) is 1. The van der Waals surface area contributed by atoms with E-state index in [0.29, 0.717) is 40.4 Å². The predicted octanol–water partition coefficient (Wildman–Crippen LogP) is 6.26. The van der Waals surface area contributed by atoms with Crippen molar-refractivity contribution in [2.24, 2.45) is 0 Å². The lowest BCUT2D eigenvalue weighted by atomic mass is 10.1. The summed E-state index contributed by atoms with van der Waals surface area (Å²) < 4.78 is 6.43. The van der Waals surface area contributed by atoms with Crippen LogP contribution < -0.4 is 10.1 Å². The van der Waals surface area contributed by atoms with E-state index in [1.165, 1.54) is 0 Å². The standard InChI is InChI=1S/C28H28N6O3.C2H6/c1-19-12-22(17-30)13-20(2)28(19)37-27-15-25(31-24-6-4-21(16-29)5-7-24)26(34(35)36)14-23(27)18-33-10-8-32(3)9-11-33;1-2/h4-7,12-15,31H,8-11,18H2,1-3H3;1-2H3. The molecule has 0 aromatic heterocycles. The number of nitriles is 2. The van der Waals surface area contributed by atoms with Gasteiger partial charge in [0, 0.05) is 56.1 Å². The fourth-order valence-corrected chi connectivity index (χ4v) is 4.40. The Balaban J connectivity index is 0.00000205. The SMILES string of the molecule is CC.Cc1cc(C#N)cc(C)c1Oc1cc(Nc2ccc(C#N)cc2)c([N+](=O)[O-])cc1CN1CCN(C)CC1. The Morgan fingerprint density at radius 2 is 1.54 bits per heavy atom. The van der Waals surface area contributed by atoms with E-state index in [4.69, 9.17) is 10.00 Å². The van der Waals surface area contributed by atoms with Crippen molar-refractivity contribution >= 4 is 17.1 Å². The molecule has 202 valence electrons. The summed E-state index contributed by atoms with van der Waals surface area (Å²) in [4.78, 5) is 16.2. The summed E-state index contributed by atoms with van der Waals surface area (Å²) in [6, 6.07) is 17.7. The van der Waals surface area contributed by atoms with Crippen LogP contribution in [0.25, 0.3) is 0 Å². The fraction of sp³-hybridized carbons (Fsp3) is 0.333. The number of likely N-dealkylation sites (N-methyl/N-ethyl adjacent to an activating group) is 1. The average Bonchev–Trinajstić information content (AvgIpc) is 2.94. The molecule has 1 N–H and O–H groups in total. The Kier molecular flexibility index (Phi) is 9.99. The quantitative estimate of drug-likeness (QED) is 0.283. The van der Waals surface area contributed by atoms with Gasteiger partial charge in [0.15, 0.2) is 0 Å². The Morgan fingerprint density at radius 3 is 2.08 bits per heavy atom. The smallest absolute Gasteiger partial charge is 0.293 e. The van der Waals surface area contributed by atoms with Crippen molar-refractivity contribution in [3.8, 4) is 23.6 Å². The first-order chi connectivity index (χ1) is 18.8. The Morgan fingerprint density at radius 1 is 0.949 bits per heavy atom. The van der Waals surface area contributed by atoms with Gasteiger partial charge in [0.05, 0.1) is 28.2 Å². The second-order valence-electron chi connectivity index (χ2n) is 9.28. The van der Waals surface area contributed by atoms with Crippen molar-refractivity contribution < 1.29 is 9.66 Å². The summed E-state index contributed by atoms with van der Waals surface area (Å²) in [6.07, 6.45) is 0. The molecule has 4 rings (SSSR count). The van der Waals surface area contributed by atoms with E-state index in [-0.39, 0.29) is 11.4 Å². The van der Waals surface area contributed by atoms with Gasteiger partial charge in [0.1, 0.15) is 17.2 Å². The molecule has 9 nitrogen and oxygen atoms in total. The molecule has 3 aromatic carbocycles. The van der Waals surface area contributed by atoms with Crippen LogP contribution >= 0.6 is 0 Å². The number of nitrogens with zero attached hydrogens (tertiary/aromatic N) is 5. The third-order valence-corrected chi connectivity index (χ3v) is 6.46. The molecule has 1 aliphatic heterocycles. The van der Waals surface area contributed by atoms with Crippen molar-refractivity contribution in [3.63, 3.8) is 0 Å². The Hall–Kier alpha value is -4.44. The molecule has 0 amide bonds. The molecule has 0 saturated carbocycles. The minimum absolute atomic E-state index is 0.0610. The molecular formula is C30H34N6O3. The number of ether oxygens (including phenoxy) is 1. The molecule has 1 saturated heterocycles. The summed E-state index contributed by atoms with van der Waals surface area (Å²) in [7, 11) is 2.08. The molecule has 1 aliphatic rings. The molecule has 0 unspecified atom stereocenters. The van der Waals surface area contributed by atoms with Gasteiger partial charge in [-0.3, -0.25) is 15.0 Å². The van der Waals surface area contributed by atoms with E-state index in [2.05, 4.69) is 34.3 Å². The van der Waals surface area contributed by atoms with Gasteiger partial charge in [0.2, 0.25) is 0 Å². The largest absolute Gasteiger partial charge is 0.456 e. The maximum atomic E-state index is 12.1. The van der Waals surface area contributed by atoms with Crippen LogP contribution in [0.3, 0.4) is 0 Å². The highest BCUT2D eigenvalue weighted by atomic mass is 16.6. The van der Waals surface area contributed by atoms with Gasteiger partial charge in [0.25, 0.3) is 5.69 Å². The van der Waals surface area contributed by atoms with Crippen molar-refractivity contribution in [2.45, 2.75) is 34.2 Å². The van der Waals surface area contributed by atoms with E-state index in [0.717, 1.165) is 37.3 Å². The van der Waals surface area contributed by atoms with Crippen LogP contribution in [0.2, 0.25) is 0 Å². The molecule has 39 heavy (non-hydrogen) atoms. The minimum atomic E-state index is -0.401. The summed E-state index contributed by atoms with van der Waals surface area (Å²) in [6.45, 7) is 11.8. The number of nitro groups is 1. The van der Waals surface area contributed by atoms with Gasteiger partial charge < -0.3 is 15.0 Å². The highest BCUT2D eigenvalue weighted by Crippen LogP contribution is 2.39. The van der Waals surface area contributed by atoms with Crippen molar-refractivity contribution in [1.82, 2.24) is 9.80 Å². The number of hydrogen-bond donors (Lipinski definition) is 1. The zero-order chi connectivity index (χ0) is 28.5. The van der Waals surface area contributed by atoms with Crippen molar-refractivity contribution in [2.75, 3.05) is 38.5 Å². The Labute approximate surface area is 230 Å². The van der Waals surface area contributed by atoms with Crippen LogP contribution in [-0.2, 0) is 6.54 Å². The number of piperazine rings is 1. The second-order valence-corrected chi connectivity index (χ2v) is 9.28. The van der Waals surface area contributed by atoms with Gasteiger partial charge in [-0.1, -0.05) is 13.8 Å². The first kappa shape index (κ1) is 29.1. The van der Waals surface area contributed by atoms with E-state index >= 15 is 0 Å². The summed E-state index contributed by atoms with van der Waals surface area (Å²) in [5, 5.41) is 33.6. The predicted molar refractivity (Wildman–Crippen MR) is 152 cm³/mol. The van der Waals surface area contributed by atoms with E-state index in [1.54, 1.807) is 48.5 Å². The lowest BCUT2D eigenvalue weighted by Crippen LogP contribution is -2.43. The summed E-state index contributed by atoms with van der Waals surface area (Å²) >= 11 is 0. The normalized spacial score (nSPS) is 13.4. The summed E-state index contributed by atoms with van der Waals surface area (Å²) in [5.74, 6) is 1.13. The first-order valence-electron chi connectivity index (χ1n) is 13.0. The molecule has 0 aliphatic carbocycles. The van der Waals surface area contributed by atoms with Gasteiger partial charge in [-0.15, -0.1) is 0 Å². The number of nitro benzene ring substituents is 1. The third kappa shape index (κ3) is 7.32. The maximum Gasteiger partial charge on any atom is 0.293 e. The molecule has 0 radical (unpaired) electrons. The van der Waals surface area contributed by atoms with Crippen molar-refractivity contribution in [3.05, 3.63) is 86.5 Å². The van der Waals surface area contributed by atoms with Crippen LogP contribution in [0.1, 0.15) is 41.7 Å². The van der Waals surface area contributed by atoms with Gasteiger partial charge in [-0.2, -0.15) is 10.5 Å². The number of aryl methyl sites for hydroxylation is 2. The highest BCUT2D eigenvalue weighted by Gasteiger charge is 2.23. The summed E-state index contributed by atoms with van der Waals surface area (Å²) in [5.41, 5.74) is 4.22. The number of rotatable bonds is 7. The third-order valence-electron chi connectivity index (χ3n) is 6.46. The van der Waals surface area contributed by atoms with Crippen LogP contribution in [0.5, 0.6) is 11.5 Å². The molecule has 0 atom stereocenters. The van der Waals surface area contributed by atoms with Crippen molar-refractivity contribution in [1.29, 1.82) is 10.5 Å². The van der Waals surface area contributed by atoms with Gasteiger partial charge in [-0.25, -0.2) is 0 Å². The molecule has 1 fully saturated rings. The van der Waals surface area contributed by atoms with E-state index in [1.807, 2.05) is 27.7 Å². The lowest BCUT2D eigenvalue weighted by molar-refractivity contribution is -0.384. The second kappa shape index (κ2) is 13.4. The fourth-order valence-electron chi connectivity index (χ4n) is 4.40. The van der Waals surface area contributed by atoms with Crippen LogP contribution in [-0.4, -0.2) is 47.9 Å². The topological polar surface area (TPSA) is 118 Å². The van der Waals surface area contributed by atoms with Crippen LogP contribution in [0.15, 0.2) is 48.5 Å². The molecule has 0 bridgehead atoms. The number of anilines is 2. The molecule has 3 aromatic rings. The number of hydrogen-bond acceptors (Lipinski definition) is 8. The average molecular weight is 527 g/mol. The van der Waals surface area contributed by atoms with Crippen LogP contribution in [0, 0.1) is 46.6 Å². The zero-order valence-electron chi connectivity index (χ0n) is 23.1. The lowest BCUT2D eigenvalue weighted by Gasteiger charge is -2.32. The zero-order valence-corrected chi connectivity index (χ0v) is 23.1.